The number of nitrogens with zero attached hydrogens (tertiary/aromatic N) is 1. The molecule has 1 aromatic carbocycles. The number of cyclic esters (lactones) is 1. The van der Waals surface area contributed by atoms with E-state index in [4.69, 9.17) is 4.74 Å². The van der Waals surface area contributed by atoms with Crippen molar-refractivity contribution >= 4 is 12.0 Å². The molecule has 4 nitrogen and oxygen atoms in total. The maximum absolute atomic E-state index is 12.0. The van der Waals surface area contributed by atoms with Gasteiger partial charge in [-0.15, -0.1) is 6.58 Å². The third-order valence-electron chi connectivity index (χ3n) is 3.23. The lowest BCUT2D eigenvalue weighted by Gasteiger charge is -2.19. The molecule has 0 aliphatic carbocycles. The van der Waals surface area contributed by atoms with Gasteiger partial charge in [0.25, 0.3) is 0 Å². The molecule has 0 unspecified atom stereocenters. The molecule has 1 aliphatic rings. The molecule has 2 amide bonds. The van der Waals surface area contributed by atoms with E-state index >= 15 is 0 Å². The fraction of sp³-hybridized carbons (Fsp3) is 0.333. The molecule has 0 spiro atoms. The summed E-state index contributed by atoms with van der Waals surface area (Å²) in [5, 5.41) is 0. The Balaban J connectivity index is 2.14. The second kappa shape index (κ2) is 5.69. The van der Waals surface area contributed by atoms with Crippen molar-refractivity contribution in [3.63, 3.8) is 0 Å². The summed E-state index contributed by atoms with van der Waals surface area (Å²) in [6.45, 7) is 5.40. The molecule has 0 radical (unpaired) electrons. The average Bonchev–Trinajstić information content (AvgIpc) is 2.72. The molecule has 19 heavy (non-hydrogen) atoms. The summed E-state index contributed by atoms with van der Waals surface area (Å²) in [5.74, 6) is -0.212. The topological polar surface area (TPSA) is 46.6 Å². The number of allylic oxidation sites excluding steroid dienone is 1. The van der Waals surface area contributed by atoms with Gasteiger partial charge in [-0.25, -0.2) is 9.69 Å². The summed E-state index contributed by atoms with van der Waals surface area (Å²) >= 11 is 0. The van der Waals surface area contributed by atoms with E-state index in [0.717, 1.165) is 5.56 Å². The molecule has 1 heterocycles. The van der Waals surface area contributed by atoms with Gasteiger partial charge < -0.3 is 4.74 Å². The zero-order valence-corrected chi connectivity index (χ0v) is 10.9. The minimum absolute atomic E-state index is 0.212. The van der Waals surface area contributed by atoms with Gasteiger partial charge in [-0.05, 0) is 18.9 Å². The van der Waals surface area contributed by atoms with Crippen LogP contribution in [0.5, 0.6) is 0 Å². The van der Waals surface area contributed by atoms with Crippen LogP contribution in [0.4, 0.5) is 4.79 Å². The second-order valence-electron chi connectivity index (χ2n) is 4.55. The SMILES string of the molecule is C=CCCC(=O)N1C(=O)O[C@H](c2ccccc2)[C@@H]1C. The summed E-state index contributed by atoms with van der Waals surface area (Å²) in [6.07, 6.45) is 1.56. The van der Waals surface area contributed by atoms with Crippen LogP contribution in [0.2, 0.25) is 0 Å². The van der Waals surface area contributed by atoms with Crippen molar-refractivity contribution in [2.75, 3.05) is 0 Å². The highest BCUT2D eigenvalue weighted by Gasteiger charge is 2.42. The predicted molar refractivity (Wildman–Crippen MR) is 71.4 cm³/mol. The monoisotopic (exact) mass is 259 g/mol. The summed E-state index contributed by atoms with van der Waals surface area (Å²) in [4.78, 5) is 25.0. The van der Waals surface area contributed by atoms with E-state index in [0.29, 0.717) is 6.42 Å². The van der Waals surface area contributed by atoms with Crippen molar-refractivity contribution in [1.82, 2.24) is 4.90 Å². The molecule has 4 heteroatoms. The lowest BCUT2D eigenvalue weighted by Crippen LogP contribution is -2.37. The lowest BCUT2D eigenvalue weighted by molar-refractivity contribution is -0.129. The summed E-state index contributed by atoms with van der Waals surface area (Å²) < 4.78 is 5.31. The molecule has 2 rings (SSSR count). The third kappa shape index (κ3) is 2.67. The number of benzene rings is 1. The Morgan fingerprint density at radius 1 is 1.42 bits per heavy atom. The highest BCUT2D eigenvalue weighted by Crippen LogP contribution is 2.32. The van der Waals surface area contributed by atoms with E-state index in [1.807, 2.05) is 37.3 Å². The zero-order valence-electron chi connectivity index (χ0n) is 10.9. The van der Waals surface area contributed by atoms with Crippen molar-refractivity contribution in [1.29, 1.82) is 0 Å². The van der Waals surface area contributed by atoms with Crippen molar-refractivity contribution in [2.45, 2.75) is 31.9 Å². The Labute approximate surface area is 112 Å². The average molecular weight is 259 g/mol. The minimum atomic E-state index is -0.560. The number of rotatable bonds is 4. The number of hydrogen-bond acceptors (Lipinski definition) is 3. The molecule has 1 saturated heterocycles. The van der Waals surface area contributed by atoms with Crippen LogP contribution in [-0.4, -0.2) is 22.9 Å². The Morgan fingerprint density at radius 2 is 2.11 bits per heavy atom. The van der Waals surface area contributed by atoms with E-state index in [-0.39, 0.29) is 24.5 Å². The van der Waals surface area contributed by atoms with Gasteiger partial charge in [0.2, 0.25) is 5.91 Å². The first kappa shape index (κ1) is 13.3. The van der Waals surface area contributed by atoms with Crippen LogP contribution in [0, 0.1) is 0 Å². The number of hydrogen-bond donors (Lipinski definition) is 0. The molecule has 1 aliphatic heterocycles. The Hall–Kier alpha value is -2.10. The molecule has 0 aromatic heterocycles. The van der Waals surface area contributed by atoms with Crippen LogP contribution < -0.4 is 0 Å². The first-order valence-corrected chi connectivity index (χ1v) is 6.33. The van der Waals surface area contributed by atoms with Crippen LogP contribution in [0.3, 0.4) is 0 Å². The van der Waals surface area contributed by atoms with Crippen LogP contribution >= 0.6 is 0 Å². The molecule has 0 bridgehead atoms. The van der Waals surface area contributed by atoms with E-state index in [1.165, 1.54) is 4.90 Å². The highest BCUT2D eigenvalue weighted by molar-refractivity contribution is 5.93. The van der Waals surface area contributed by atoms with Crippen LogP contribution in [0.1, 0.15) is 31.4 Å². The number of carbonyl (C=O) groups excluding carboxylic acids is 2. The second-order valence-corrected chi connectivity index (χ2v) is 4.55. The van der Waals surface area contributed by atoms with Crippen LogP contribution in [-0.2, 0) is 9.53 Å². The molecule has 2 atom stereocenters. The fourth-order valence-corrected chi connectivity index (χ4v) is 2.23. The van der Waals surface area contributed by atoms with Gasteiger partial charge in [0.15, 0.2) is 0 Å². The van der Waals surface area contributed by atoms with Crippen molar-refractivity contribution in [3.8, 4) is 0 Å². The maximum atomic E-state index is 12.0. The Morgan fingerprint density at radius 3 is 2.74 bits per heavy atom. The van der Waals surface area contributed by atoms with Crippen LogP contribution in [0.25, 0.3) is 0 Å². The molecule has 100 valence electrons. The molecule has 0 saturated carbocycles. The quantitative estimate of drug-likeness (QED) is 0.781. The largest absolute Gasteiger partial charge is 0.439 e. The summed E-state index contributed by atoms with van der Waals surface area (Å²) in [5.41, 5.74) is 0.905. The van der Waals surface area contributed by atoms with Crippen LogP contribution in [0.15, 0.2) is 43.0 Å². The van der Waals surface area contributed by atoms with E-state index in [9.17, 15) is 9.59 Å². The van der Waals surface area contributed by atoms with Gasteiger partial charge >= 0.3 is 6.09 Å². The van der Waals surface area contributed by atoms with E-state index in [2.05, 4.69) is 6.58 Å². The number of imide groups is 1. The lowest BCUT2D eigenvalue weighted by atomic mass is 10.0. The predicted octanol–water partition coefficient (Wildman–Crippen LogP) is 3.06. The first-order valence-electron chi connectivity index (χ1n) is 6.33. The first-order chi connectivity index (χ1) is 9.15. The number of ether oxygens (including phenoxy) is 1. The molecule has 0 N–H and O–H groups in total. The standard InChI is InChI=1S/C15H17NO3/c1-3-4-10-13(17)16-11(2)14(19-15(16)18)12-8-6-5-7-9-12/h3,5-9,11,14H,1,4,10H2,2H3/t11-,14-/m0/s1. The normalized spacial score (nSPS) is 22.2. The molecule has 1 fully saturated rings. The molecular formula is C15H17NO3. The smallest absolute Gasteiger partial charge is 0.417 e. The van der Waals surface area contributed by atoms with Gasteiger partial charge in [0, 0.05) is 6.42 Å². The van der Waals surface area contributed by atoms with E-state index in [1.54, 1.807) is 6.08 Å². The van der Waals surface area contributed by atoms with Gasteiger partial charge in [-0.1, -0.05) is 36.4 Å². The number of amides is 2. The number of carbonyl (C=O) groups is 2. The van der Waals surface area contributed by atoms with Crippen molar-refractivity contribution < 1.29 is 14.3 Å². The van der Waals surface area contributed by atoms with Gasteiger partial charge in [-0.2, -0.15) is 0 Å². The summed E-state index contributed by atoms with van der Waals surface area (Å²) in [6, 6.07) is 9.18. The van der Waals surface area contributed by atoms with Crippen molar-refractivity contribution in [3.05, 3.63) is 48.6 Å². The molecule has 1 aromatic rings. The van der Waals surface area contributed by atoms with E-state index < -0.39 is 6.09 Å². The Kier molecular flexibility index (Phi) is 4.00. The highest BCUT2D eigenvalue weighted by atomic mass is 16.6. The Bertz CT molecular complexity index is 483. The van der Waals surface area contributed by atoms with Gasteiger partial charge in [-0.3, -0.25) is 4.79 Å². The van der Waals surface area contributed by atoms with Crippen molar-refractivity contribution in [2.24, 2.45) is 0 Å². The summed E-state index contributed by atoms with van der Waals surface area (Å²) in [7, 11) is 0. The maximum Gasteiger partial charge on any atom is 0.417 e. The third-order valence-corrected chi connectivity index (χ3v) is 3.23. The minimum Gasteiger partial charge on any atom is -0.439 e. The van der Waals surface area contributed by atoms with Gasteiger partial charge in [0.05, 0.1) is 6.04 Å². The molecular weight excluding hydrogens is 242 g/mol. The van der Waals surface area contributed by atoms with Gasteiger partial charge in [0.1, 0.15) is 6.10 Å². The fourth-order valence-electron chi connectivity index (χ4n) is 2.23. The zero-order chi connectivity index (χ0) is 13.8.